The Morgan fingerprint density at radius 2 is 1.95 bits per heavy atom. The number of carbonyl (C=O) groups is 1. The molecule has 0 spiro atoms. The van der Waals surface area contributed by atoms with Crippen molar-refractivity contribution in [2.75, 3.05) is 6.54 Å². The number of nitrogens with zero attached hydrogens (tertiary/aromatic N) is 1. The van der Waals surface area contributed by atoms with Crippen LogP contribution in [0.1, 0.15) is 43.7 Å². The molecule has 1 aliphatic carbocycles. The van der Waals surface area contributed by atoms with E-state index < -0.39 is 0 Å². The van der Waals surface area contributed by atoms with Crippen molar-refractivity contribution in [3.8, 4) is 0 Å². The molecule has 2 atom stereocenters. The molecule has 2 aliphatic rings. The summed E-state index contributed by atoms with van der Waals surface area (Å²) in [5, 5.41) is 3.42. The predicted octanol–water partition coefficient (Wildman–Crippen LogP) is 2.87. The lowest BCUT2D eigenvalue weighted by molar-refractivity contribution is -0.135. The first-order valence-electron chi connectivity index (χ1n) is 8.23. The van der Waals surface area contributed by atoms with Gasteiger partial charge in [0.2, 0.25) is 5.91 Å². The Kier molecular flexibility index (Phi) is 4.29. The maximum Gasteiger partial charge on any atom is 0.240 e. The van der Waals surface area contributed by atoms with Crippen LogP contribution in [-0.2, 0) is 11.3 Å². The van der Waals surface area contributed by atoms with Gasteiger partial charge in [0.25, 0.3) is 0 Å². The second-order valence-electron chi connectivity index (χ2n) is 6.82. The van der Waals surface area contributed by atoms with Crippen LogP contribution in [0.4, 0.5) is 0 Å². The maximum absolute atomic E-state index is 12.9. The van der Waals surface area contributed by atoms with Crippen LogP contribution in [0.15, 0.2) is 24.3 Å². The molecule has 114 valence electrons. The van der Waals surface area contributed by atoms with E-state index in [1.807, 2.05) is 0 Å². The lowest BCUT2D eigenvalue weighted by atomic mass is 9.93. The molecule has 1 N–H and O–H groups in total. The van der Waals surface area contributed by atoms with Crippen molar-refractivity contribution in [1.82, 2.24) is 10.2 Å². The van der Waals surface area contributed by atoms with Crippen LogP contribution >= 0.6 is 0 Å². The third-order valence-electron chi connectivity index (χ3n) is 4.71. The van der Waals surface area contributed by atoms with E-state index in [9.17, 15) is 4.79 Å². The lowest BCUT2D eigenvalue weighted by Crippen LogP contribution is -2.50. The lowest BCUT2D eigenvalue weighted by Gasteiger charge is -2.32. The van der Waals surface area contributed by atoms with Crippen molar-refractivity contribution in [2.24, 2.45) is 5.92 Å². The third kappa shape index (κ3) is 3.65. The Bertz CT molecular complexity index is 492. The fraction of sp³-hybridized carbons (Fsp3) is 0.611. The predicted molar refractivity (Wildman–Crippen MR) is 84.9 cm³/mol. The molecule has 1 saturated heterocycles. The van der Waals surface area contributed by atoms with Crippen molar-refractivity contribution in [1.29, 1.82) is 0 Å². The summed E-state index contributed by atoms with van der Waals surface area (Å²) in [5.74, 6) is 0.963. The number of rotatable bonds is 4. The fourth-order valence-electron chi connectivity index (χ4n) is 3.16. The number of hydrogen-bond acceptors (Lipinski definition) is 2. The standard InChI is InChI=1S/C18H26N2O/c1-13-3-5-15(6-4-13)12-20(16-7-8-16)18(21)17-11-14(2)9-10-19-17/h3-6,14,16-17,19H,7-12H2,1-2H3. The zero-order chi connectivity index (χ0) is 14.8. The molecule has 1 aliphatic heterocycles. The van der Waals surface area contributed by atoms with E-state index in [1.165, 1.54) is 30.4 Å². The molecule has 0 radical (unpaired) electrons. The first-order chi connectivity index (χ1) is 10.1. The quantitative estimate of drug-likeness (QED) is 0.923. The Labute approximate surface area is 127 Å². The number of amides is 1. The van der Waals surface area contributed by atoms with Gasteiger partial charge in [-0.15, -0.1) is 0 Å². The van der Waals surface area contributed by atoms with Gasteiger partial charge in [0.05, 0.1) is 6.04 Å². The summed E-state index contributed by atoms with van der Waals surface area (Å²) < 4.78 is 0. The highest BCUT2D eigenvalue weighted by Crippen LogP contribution is 2.30. The number of benzene rings is 1. The van der Waals surface area contributed by atoms with Crippen molar-refractivity contribution in [3.63, 3.8) is 0 Å². The first-order valence-corrected chi connectivity index (χ1v) is 8.23. The van der Waals surface area contributed by atoms with Crippen LogP contribution in [0.25, 0.3) is 0 Å². The topological polar surface area (TPSA) is 32.3 Å². The molecular formula is C18H26N2O. The number of hydrogen-bond donors (Lipinski definition) is 1. The van der Waals surface area contributed by atoms with Gasteiger partial charge in [0, 0.05) is 12.6 Å². The minimum absolute atomic E-state index is 0.0276. The maximum atomic E-state index is 12.9. The molecule has 3 heteroatoms. The second kappa shape index (κ2) is 6.18. The van der Waals surface area contributed by atoms with Crippen molar-refractivity contribution in [2.45, 2.75) is 58.2 Å². The molecular weight excluding hydrogens is 260 g/mol. The van der Waals surface area contributed by atoms with Crippen molar-refractivity contribution in [3.05, 3.63) is 35.4 Å². The molecule has 2 unspecified atom stereocenters. The van der Waals surface area contributed by atoms with Gasteiger partial charge in [-0.05, 0) is 50.6 Å². The summed E-state index contributed by atoms with van der Waals surface area (Å²) in [7, 11) is 0. The van der Waals surface area contributed by atoms with Crippen molar-refractivity contribution >= 4 is 5.91 Å². The molecule has 1 amide bonds. The summed E-state index contributed by atoms with van der Waals surface area (Å²) in [5.41, 5.74) is 2.51. The molecule has 3 rings (SSSR count). The van der Waals surface area contributed by atoms with Gasteiger partial charge in [-0.3, -0.25) is 4.79 Å². The zero-order valence-corrected chi connectivity index (χ0v) is 13.1. The van der Waals surface area contributed by atoms with E-state index in [-0.39, 0.29) is 6.04 Å². The minimum atomic E-state index is 0.0276. The van der Waals surface area contributed by atoms with E-state index >= 15 is 0 Å². The van der Waals surface area contributed by atoms with Crippen LogP contribution < -0.4 is 5.32 Å². The van der Waals surface area contributed by atoms with Crippen LogP contribution in [0.3, 0.4) is 0 Å². The number of carbonyl (C=O) groups excluding carboxylic acids is 1. The molecule has 1 aromatic rings. The van der Waals surface area contributed by atoms with E-state index in [0.717, 1.165) is 19.5 Å². The summed E-state index contributed by atoms with van der Waals surface area (Å²) in [6, 6.07) is 9.05. The SMILES string of the molecule is Cc1ccc(CN(C(=O)C2CC(C)CCN2)C2CC2)cc1. The molecule has 0 bridgehead atoms. The highest BCUT2D eigenvalue weighted by atomic mass is 16.2. The van der Waals surface area contributed by atoms with Gasteiger partial charge in [0.15, 0.2) is 0 Å². The Morgan fingerprint density at radius 1 is 1.24 bits per heavy atom. The Balaban J connectivity index is 1.69. The summed E-state index contributed by atoms with van der Waals surface area (Å²) in [6.45, 7) is 6.08. The number of nitrogens with one attached hydrogen (secondary N) is 1. The smallest absolute Gasteiger partial charge is 0.240 e. The third-order valence-corrected chi connectivity index (χ3v) is 4.71. The van der Waals surface area contributed by atoms with Gasteiger partial charge in [-0.1, -0.05) is 36.8 Å². The van der Waals surface area contributed by atoms with E-state index in [0.29, 0.717) is 17.9 Å². The normalized spacial score (nSPS) is 25.6. The summed E-state index contributed by atoms with van der Waals surface area (Å²) in [4.78, 5) is 15.0. The number of piperidine rings is 1. The van der Waals surface area contributed by atoms with Gasteiger partial charge in [-0.2, -0.15) is 0 Å². The van der Waals surface area contributed by atoms with Gasteiger partial charge < -0.3 is 10.2 Å². The van der Waals surface area contributed by atoms with Crippen LogP contribution in [0.5, 0.6) is 0 Å². The first kappa shape index (κ1) is 14.6. The summed E-state index contributed by atoms with van der Waals surface area (Å²) >= 11 is 0. The number of aryl methyl sites for hydroxylation is 1. The highest BCUT2D eigenvalue weighted by molar-refractivity contribution is 5.82. The monoisotopic (exact) mass is 286 g/mol. The molecule has 1 saturated carbocycles. The van der Waals surface area contributed by atoms with Gasteiger partial charge in [-0.25, -0.2) is 0 Å². The molecule has 3 nitrogen and oxygen atoms in total. The van der Waals surface area contributed by atoms with Crippen LogP contribution in [0, 0.1) is 12.8 Å². The van der Waals surface area contributed by atoms with Crippen molar-refractivity contribution < 1.29 is 4.79 Å². The zero-order valence-electron chi connectivity index (χ0n) is 13.1. The van der Waals surface area contributed by atoms with E-state index in [2.05, 4.69) is 48.3 Å². The van der Waals surface area contributed by atoms with Crippen LogP contribution in [0.2, 0.25) is 0 Å². The second-order valence-corrected chi connectivity index (χ2v) is 6.82. The van der Waals surface area contributed by atoms with Crippen LogP contribution in [-0.4, -0.2) is 29.4 Å². The molecule has 1 heterocycles. The average molecular weight is 286 g/mol. The van der Waals surface area contributed by atoms with Gasteiger partial charge >= 0.3 is 0 Å². The minimum Gasteiger partial charge on any atom is -0.334 e. The Hall–Kier alpha value is -1.35. The molecule has 1 aromatic carbocycles. The van der Waals surface area contributed by atoms with E-state index in [4.69, 9.17) is 0 Å². The van der Waals surface area contributed by atoms with E-state index in [1.54, 1.807) is 0 Å². The largest absolute Gasteiger partial charge is 0.334 e. The molecule has 21 heavy (non-hydrogen) atoms. The summed E-state index contributed by atoms with van der Waals surface area (Å²) in [6.07, 6.45) is 4.50. The average Bonchev–Trinajstić information content (AvgIpc) is 3.30. The fourth-order valence-corrected chi connectivity index (χ4v) is 3.16. The molecule has 0 aromatic heterocycles. The van der Waals surface area contributed by atoms with Gasteiger partial charge in [0.1, 0.15) is 0 Å². The Morgan fingerprint density at radius 3 is 2.57 bits per heavy atom. The highest BCUT2D eigenvalue weighted by Gasteiger charge is 2.36. The molecule has 2 fully saturated rings.